The molecule has 0 amide bonds. The molecule has 0 saturated carbocycles. The van der Waals surface area contributed by atoms with Crippen LogP contribution in [0.5, 0.6) is 0 Å². The molecule has 1 saturated heterocycles. The number of ether oxygens (including phenoxy) is 1. The number of hydrogen-bond donors (Lipinski definition) is 1. The van der Waals surface area contributed by atoms with E-state index in [1.54, 1.807) is 0 Å². The van der Waals surface area contributed by atoms with Gasteiger partial charge in [0.15, 0.2) is 0 Å². The molecule has 1 aliphatic rings. The average Bonchev–Trinajstić information content (AvgIpc) is 2.56. The Bertz CT molecular complexity index is 453. The summed E-state index contributed by atoms with van der Waals surface area (Å²) in [6, 6.07) is 8.82. The third-order valence-electron chi connectivity index (χ3n) is 4.12. The summed E-state index contributed by atoms with van der Waals surface area (Å²) < 4.78 is 6.15. The predicted octanol–water partition coefficient (Wildman–Crippen LogP) is 4.01. The maximum atomic E-state index is 6.45. The Kier molecular flexibility index (Phi) is 4.53. The standard InChI is InChI=1S/C17H27NOS/c1-12-6-8-13(9-7-12)20-11-15(18)14-10-16(2,3)19-17(14,4)5/h6-9,14-15H,10-11,18H2,1-5H3. The van der Waals surface area contributed by atoms with E-state index >= 15 is 0 Å². The van der Waals surface area contributed by atoms with Crippen LogP contribution in [0.2, 0.25) is 0 Å². The Morgan fingerprint density at radius 1 is 1.25 bits per heavy atom. The Labute approximate surface area is 127 Å². The van der Waals surface area contributed by atoms with Gasteiger partial charge in [-0.1, -0.05) is 17.7 Å². The SMILES string of the molecule is Cc1ccc(SCC(N)C2CC(C)(C)OC2(C)C)cc1. The normalized spacial score (nSPS) is 25.6. The van der Waals surface area contributed by atoms with Crippen LogP contribution in [-0.4, -0.2) is 23.0 Å². The Morgan fingerprint density at radius 2 is 1.85 bits per heavy atom. The first-order chi connectivity index (χ1) is 9.20. The number of thioether (sulfide) groups is 1. The molecule has 1 heterocycles. The van der Waals surface area contributed by atoms with Crippen LogP contribution in [0.1, 0.15) is 39.7 Å². The maximum Gasteiger partial charge on any atom is 0.0677 e. The van der Waals surface area contributed by atoms with E-state index in [4.69, 9.17) is 10.5 Å². The molecule has 2 atom stereocenters. The lowest BCUT2D eigenvalue weighted by atomic mass is 9.83. The smallest absolute Gasteiger partial charge is 0.0677 e. The van der Waals surface area contributed by atoms with Gasteiger partial charge in [0.2, 0.25) is 0 Å². The highest BCUT2D eigenvalue weighted by Crippen LogP contribution is 2.43. The van der Waals surface area contributed by atoms with Crippen molar-refractivity contribution in [3.8, 4) is 0 Å². The molecule has 1 aromatic rings. The van der Waals surface area contributed by atoms with E-state index in [0.29, 0.717) is 5.92 Å². The first kappa shape index (κ1) is 15.9. The topological polar surface area (TPSA) is 35.2 Å². The lowest BCUT2D eigenvalue weighted by Gasteiger charge is -2.30. The summed E-state index contributed by atoms with van der Waals surface area (Å²) in [6.45, 7) is 10.8. The highest BCUT2D eigenvalue weighted by Gasteiger charge is 2.47. The minimum Gasteiger partial charge on any atom is -0.369 e. The molecule has 0 aromatic heterocycles. The molecule has 2 N–H and O–H groups in total. The maximum absolute atomic E-state index is 6.45. The van der Waals surface area contributed by atoms with Gasteiger partial charge in [-0.3, -0.25) is 0 Å². The van der Waals surface area contributed by atoms with E-state index < -0.39 is 0 Å². The van der Waals surface area contributed by atoms with E-state index in [2.05, 4.69) is 58.9 Å². The zero-order chi connectivity index (χ0) is 15.0. The molecule has 1 aromatic carbocycles. The molecule has 2 rings (SSSR count). The Morgan fingerprint density at radius 3 is 2.35 bits per heavy atom. The summed E-state index contributed by atoms with van der Waals surface area (Å²) in [7, 11) is 0. The molecule has 1 aliphatic heterocycles. The predicted molar refractivity (Wildman–Crippen MR) is 87.2 cm³/mol. The molecule has 1 fully saturated rings. The summed E-state index contributed by atoms with van der Waals surface area (Å²) in [5.74, 6) is 1.35. The molecule has 0 bridgehead atoms. The second-order valence-corrected chi connectivity index (χ2v) is 8.16. The Hall–Kier alpha value is -0.510. The monoisotopic (exact) mass is 293 g/mol. The van der Waals surface area contributed by atoms with Crippen molar-refractivity contribution in [2.24, 2.45) is 11.7 Å². The number of rotatable bonds is 4. The van der Waals surface area contributed by atoms with Gasteiger partial charge in [-0.2, -0.15) is 0 Å². The highest BCUT2D eigenvalue weighted by atomic mass is 32.2. The van der Waals surface area contributed by atoms with Crippen molar-refractivity contribution < 1.29 is 4.74 Å². The molecule has 3 heteroatoms. The number of benzene rings is 1. The second kappa shape index (κ2) is 5.70. The van der Waals surface area contributed by atoms with Crippen LogP contribution in [0.3, 0.4) is 0 Å². The summed E-state index contributed by atoms with van der Waals surface area (Å²) in [5, 5.41) is 0. The summed E-state index contributed by atoms with van der Waals surface area (Å²) >= 11 is 1.84. The quantitative estimate of drug-likeness (QED) is 0.852. The third-order valence-corrected chi connectivity index (χ3v) is 5.28. The van der Waals surface area contributed by atoms with Gasteiger partial charge < -0.3 is 10.5 Å². The van der Waals surface area contributed by atoms with Crippen molar-refractivity contribution in [3.63, 3.8) is 0 Å². The first-order valence-electron chi connectivity index (χ1n) is 7.35. The van der Waals surface area contributed by atoms with Crippen LogP contribution in [0.15, 0.2) is 29.2 Å². The molecule has 112 valence electrons. The number of aryl methyl sites for hydroxylation is 1. The Balaban J connectivity index is 1.95. The van der Waals surface area contributed by atoms with Crippen LogP contribution in [0.4, 0.5) is 0 Å². The molecular formula is C17H27NOS. The number of hydrogen-bond acceptors (Lipinski definition) is 3. The fourth-order valence-electron chi connectivity index (χ4n) is 3.21. The van der Waals surface area contributed by atoms with Gasteiger partial charge >= 0.3 is 0 Å². The van der Waals surface area contributed by atoms with Crippen molar-refractivity contribution in [2.75, 3.05) is 5.75 Å². The molecular weight excluding hydrogens is 266 g/mol. The lowest BCUT2D eigenvalue weighted by molar-refractivity contribution is -0.0759. The van der Waals surface area contributed by atoms with Crippen LogP contribution in [-0.2, 0) is 4.74 Å². The molecule has 0 spiro atoms. The highest BCUT2D eigenvalue weighted by molar-refractivity contribution is 7.99. The van der Waals surface area contributed by atoms with Crippen LogP contribution < -0.4 is 5.73 Å². The van der Waals surface area contributed by atoms with Crippen LogP contribution in [0.25, 0.3) is 0 Å². The average molecular weight is 293 g/mol. The van der Waals surface area contributed by atoms with Gasteiger partial charge in [-0.05, 0) is 53.2 Å². The third kappa shape index (κ3) is 3.78. The minimum absolute atomic E-state index is 0.0552. The first-order valence-corrected chi connectivity index (χ1v) is 8.33. The van der Waals surface area contributed by atoms with Gasteiger partial charge in [0, 0.05) is 22.6 Å². The zero-order valence-corrected chi connectivity index (χ0v) is 14.1. The van der Waals surface area contributed by atoms with E-state index in [9.17, 15) is 0 Å². The van der Waals surface area contributed by atoms with Crippen LogP contribution in [0, 0.1) is 12.8 Å². The van der Waals surface area contributed by atoms with Crippen molar-refractivity contribution in [2.45, 2.75) is 63.2 Å². The molecule has 0 aliphatic carbocycles. The number of nitrogens with two attached hydrogens (primary N) is 1. The zero-order valence-electron chi connectivity index (χ0n) is 13.3. The largest absolute Gasteiger partial charge is 0.369 e. The van der Waals surface area contributed by atoms with Crippen molar-refractivity contribution in [3.05, 3.63) is 29.8 Å². The van der Waals surface area contributed by atoms with Gasteiger partial charge in [0.1, 0.15) is 0 Å². The summed E-state index contributed by atoms with van der Waals surface area (Å²) in [4.78, 5) is 1.29. The van der Waals surface area contributed by atoms with Crippen molar-refractivity contribution in [1.29, 1.82) is 0 Å². The molecule has 0 radical (unpaired) electrons. The van der Waals surface area contributed by atoms with Crippen molar-refractivity contribution >= 4 is 11.8 Å². The minimum atomic E-state index is -0.128. The van der Waals surface area contributed by atoms with Gasteiger partial charge in [-0.15, -0.1) is 11.8 Å². The van der Waals surface area contributed by atoms with Gasteiger partial charge in [0.05, 0.1) is 11.2 Å². The molecule has 2 nitrogen and oxygen atoms in total. The van der Waals surface area contributed by atoms with E-state index in [1.165, 1.54) is 10.5 Å². The van der Waals surface area contributed by atoms with Gasteiger partial charge in [0.25, 0.3) is 0 Å². The van der Waals surface area contributed by atoms with E-state index in [-0.39, 0.29) is 17.2 Å². The lowest BCUT2D eigenvalue weighted by Crippen LogP contribution is -2.42. The molecule has 20 heavy (non-hydrogen) atoms. The van der Waals surface area contributed by atoms with E-state index in [0.717, 1.165) is 12.2 Å². The second-order valence-electron chi connectivity index (χ2n) is 7.06. The van der Waals surface area contributed by atoms with E-state index in [1.807, 2.05) is 11.8 Å². The van der Waals surface area contributed by atoms with Crippen molar-refractivity contribution in [1.82, 2.24) is 0 Å². The van der Waals surface area contributed by atoms with Crippen LogP contribution >= 0.6 is 11.8 Å². The summed E-state index contributed by atoms with van der Waals surface area (Å²) in [5.41, 5.74) is 7.57. The molecule has 2 unspecified atom stereocenters. The fraction of sp³-hybridized carbons (Fsp3) is 0.647. The fourth-order valence-corrected chi connectivity index (χ4v) is 4.16. The van der Waals surface area contributed by atoms with Gasteiger partial charge in [-0.25, -0.2) is 0 Å². The summed E-state index contributed by atoms with van der Waals surface area (Å²) in [6.07, 6.45) is 1.04.